The monoisotopic (exact) mass is 508 g/mol. The van der Waals surface area contributed by atoms with Crippen molar-refractivity contribution in [2.45, 2.75) is 122 Å². The standard InChI is InChI=1S/C33H52O2Si/c1-23-19-21-33(35,36(7,8)31(3,4)5)22-27(23)15-12-25-10-9-20-32(6)28(16-17-29(25)32)24(2)11-18-30(34)26-13-14-26/h11-12,15,18,24,26,28-29,35H,1,9-10,13-14,16-17,19-22H2,2-8H3/t24-,28-,29+,32-,33-/m1/s1. The number of carbonyl (C=O) groups excluding carboxylic acids is 1. The molecule has 4 aliphatic rings. The third-order valence-electron chi connectivity index (χ3n) is 11.5. The van der Waals surface area contributed by atoms with E-state index in [2.05, 4.69) is 72.5 Å². The van der Waals surface area contributed by atoms with Gasteiger partial charge in [0.15, 0.2) is 5.78 Å². The molecule has 0 heterocycles. The number of hydrogen-bond acceptors (Lipinski definition) is 2. The van der Waals surface area contributed by atoms with Crippen LogP contribution in [0, 0.1) is 29.1 Å². The van der Waals surface area contributed by atoms with Crippen molar-refractivity contribution in [3.63, 3.8) is 0 Å². The molecule has 5 atom stereocenters. The zero-order valence-corrected chi connectivity index (χ0v) is 25.3. The molecule has 4 aliphatic carbocycles. The summed E-state index contributed by atoms with van der Waals surface area (Å²) in [5, 5.41) is 11.5. The predicted octanol–water partition coefficient (Wildman–Crippen LogP) is 8.75. The van der Waals surface area contributed by atoms with Crippen LogP contribution in [0.25, 0.3) is 0 Å². The van der Waals surface area contributed by atoms with Crippen LogP contribution in [0.5, 0.6) is 0 Å². The molecule has 0 aromatic heterocycles. The molecule has 4 saturated carbocycles. The van der Waals surface area contributed by atoms with Gasteiger partial charge in [0.1, 0.15) is 0 Å². The molecule has 4 rings (SSSR count). The maximum Gasteiger partial charge on any atom is 0.158 e. The summed E-state index contributed by atoms with van der Waals surface area (Å²) in [5.74, 6) is 2.41. The summed E-state index contributed by atoms with van der Waals surface area (Å²) in [6.07, 6.45) is 19.9. The van der Waals surface area contributed by atoms with E-state index in [1.165, 1.54) is 43.3 Å². The maximum atomic E-state index is 12.2. The first-order chi connectivity index (χ1) is 16.7. The van der Waals surface area contributed by atoms with E-state index in [1.807, 2.05) is 6.08 Å². The van der Waals surface area contributed by atoms with Gasteiger partial charge in [0.2, 0.25) is 0 Å². The van der Waals surface area contributed by atoms with E-state index in [-0.39, 0.29) is 5.04 Å². The van der Waals surface area contributed by atoms with Gasteiger partial charge < -0.3 is 5.11 Å². The van der Waals surface area contributed by atoms with Crippen molar-refractivity contribution < 1.29 is 9.90 Å². The normalized spacial score (nSPS) is 37.1. The Morgan fingerprint density at radius 2 is 1.81 bits per heavy atom. The summed E-state index contributed by atoms with van der Waals surface area (Å²) in [4.78, 5) is 12.2. The van der Waals surface area contributed by atoms with Crippen LogP contribution in [0.15, 0.2) is 47.6 Å². The third-order valence-corrected chi connectivity index (χ3v) is 18.0. The van der Waals surface area contributed by atoms with Crippen molar-refractivity contribution in [1.82, 2.24) is 0 Å². The average Bonchev–Trinajstić information content (AvgIpc) is 3.58. The molecule has 0 spiro atoms. The first-order valence-electron chi connectivity index (χ1n) is 14.7. The topological polar surface area (TPSA) is 37.3 Å². The first kappa shape index (κ1) is 27.8. The third kappa shape index (κ3) is 5.08. The molecule has 3 heteroatoms. The predicted molar refractivity (Wildman–Crippen MR) is 156 cm³/mol. The summed E-state index contributed by atoms with van der Waals surface area (Å²) < 4.78 is 0. The SMILES string of the molecule is C=C1CC[C@@](O)([Si](C)(C)C(C)(C)C)CC1=CC=C1CCC[C@]2(C)[C@@H]([C@H](C)C=CC(=O)C3CC3)CC[C@@H]12. The highest BCUT2D eigenvalue weighted by molar-refractivity contribution is 6.82. The fraction of sp³-hybridized carbons (Fsp3) is 0.727. The van der Waals surface area contributed by atoms with Crippen LogP contribution in [-0.4, -0.2) is 24.2 Å². The Morgan fingerprint density at radius 3 is 2.44 bits per heavy atom. The summed E-state index contributed by atoms with van der Waals surface area (Å²) >= 11 is 0. The van der Waals surface area contributed by atoms with Crippen molar-refractivity contribution in [3.05, 3.63) is 47.6 Å². The summed E-state index contributed by atoms with van der Waals surface area (Å²) in [7, 11) is -1.92. The lowest BCUT2D eigenvalue weighted by atomic mass is 9.61. The highest BCUT2D eigenvalue weighted by Crippen LogP contribution is 2.59. The van der Waals surface area contributed by atoms with Crippen molar-refractivity contribution in [1.29, 1.82) is 0 Å². The van der Waals surface area contributed by atoms with Crippen LogP contribution in [0.2, 0.25) is 18.1 Å². The van der Waals surface area contributed by atoms with Crippen molar-refractivity contribution in [2.24, 2.45) is 29.1 Å². The summed E-state index contributed by atoms with van der Waals surface area (Å²) in [5.41, 5.74) is 4.42. The van der Waals surface area contributed by atoms with Crippen molar-refractivity contribution >= 4 is 13.9 Å². The number of fused-ring (bicyclic) bond motifs is 1. The van der Waals surface area contributed by atoms with Crippen LogP contribution >= 0.6 is 0 Å². The minimum absolute atomic E-state index is 0.155. The molecule has 0 saturated heterocycles. The number of ketones is 1. The molecule has 1 N–H and O–H groups in total. The van der Waals surface area contributed by atoms with E-state index in [1.54, 1.807) is 5.57 Å². The van der Waals surface area contributed by atoms with Gasteiger partial charge in [0.25, 0.3) is 0 Å². The van der Waals surface area contributed by atoms with Gasteiger partial charge in [-0.05, 0) is 104 Å². The minimum Gasteiger partial charge on any atom is -0.393 e. The molecule has 0 aliphatic heterocycles. The van der Waals surface area contributed by atoms with E-state index >= 15 is 0 Å². The first-order valence-corrected chi connectivity index (χ1v) is 17.7. The molecule has 36 heavy (non-hydrogen) atoms. The minimum atomic E-state index is -1.92. The van der Waals surface area contributed by atoms with Gasteiger partial charge in [-0.2, -0.15) is 0 Å². The van der Waals surface area contributed by atoms with Gasteiger partial charge in [-0.25, -0.2) is 0 Å². The van der Waals surface area contributed by atoms with Gasteiger partial charge in [-0.1, -0.05) is 83.7 Å². The smallest absolute Gasteiger partial charge is 0.158 e. The zero-order valence-electron chi connectivity index (χ0n) is 24.3. The van der Waals surface area contributed by atoms with Crippen LogP contribution in [0.4, 0.5) is 0 Å². The second-order valence-electron chi connectivity index (χ2n) is 14.6. The zero-order chi connectivity index (χ0) is 26.5. The highest BCUT2D eigenvalue weighted by atomic mass is 28.3. The molecular weight excluding hydrogens is 456 g/mol. The molecule has 4 fully saturated rings. The molecule has 0 bridgehead atoms. The molecule has 0 amide bonds. The Morgan fingerprint density at radius 1 is 1.11 bits per heavy atom. The lowest BCUT2D eigenvalue weighted by molar-refractivity contribution is -0.115. The van der Waals surface area contributed by atoms with Crippen molar-refractivity contribution in [3.8, 4) is 0 Å². The molecule has 0 aromatic carbocycles. The molecule has 0 unspecified atom stereocenters. The molecule has 0 aromatic rings. The van der Waals surface area contributed by atoms with Crippen LogP contribution in [0.3, 0.4) is 0 Å². The molecule has 200 valence electrons. The summed E-state index contributed by atoms with van der Waals surface area (Å²) in [6.45, 7) is 20.9. The number of aliphatic hydroxyl groups is 1. The average molecular weight is 509 g/mol. The summed E-state index contributed by atoms with van der Waals surface area (Å²) in [6, 6.07) is 0. The fourth-order valence-electron chi connectivity index (χ4n) is 7.69. The Labute approximate surface area is 222 Å². The van der Waals surface area contributed by atoms with E-state index in [0.717, 1.165) is 32.1 Å². The molecule has 0 radical (unpaired) electrons. The fourth-order valence-corrected chi connectivity index (χ4v) is 10.5. The van der Waals surface area contributed by atoms with E-state index in [9.17, 15) is 9.90 Å². The number of hydrogen-bond donors (Lipinski definition) is 1. The number of allylic oxidation sites excluding steroid dienone is 6. The largest absolute Gasteiger partial charge is 0.393 e. The maximum absolute atomic E-state index is 12.2. The highest BCUT2D eigenvalue weighted by Gasteiger charge is 2.53. The molecular formula is C33H52O2Si. The Kier molecular flexibility index (Phi) is 7.61. The quantitative estimate of drug-likeness (QED) is 0.288. The van der Waals surface area contributed by atoms with Gasteiger partial charge in [-0.15, -0.1) is 0 Å². The lowest BCUT2D eigenvalue weighted by Gasteiger charge is -2.52. The second kappa shape index (κ2) is 9.84. The Balaban J connectivity index is 1.52. The van der Waals surface area contributed by atoms with E-state index in [0.29, 0.717) is 34.9 Å². The van der Waals surface area contributed by atoms with E-state index in [4.69, 9.17) is 0 Å². The van der Waals surface area contributed by atoms with Gasteiger partial charge >= 0.3 is 0 Å². The Hall–Kier alpha value is -1.19. The lowest BCUT2D eigenvalue weighted by Crippen LogP contribution is -2.60. The Bertz CT molecular complexity index is 972. The molecule has 2 nitrogen and oxygen atoms in total. The van der Waals surface area contributed by atoms with Gasteiger partial charge in [-0.3, -0.25) is 4.79 Å². The number of rotatable bonds is 6. The number of carbonyl (C=O) groups is 1. The van der Waals surface area contributed by atoms with Gasteiger partial charge in [0.05, 0.1) is 13.3 Å². The second-order valence-corrected chi connectivity index (χ2v) is 20.3. The van der Waals surface area contributed by atoms with Crippen LogP contribution in [0.1, 0.15) is 98.8 Å². The van der Waals surface area contributed by atoms with Crippen molar-refractivity contribution in [2.75, 3.05) is 0 Å². The van der Waals surface area contributed by atoms with Gasteiger partial charge in [0, 0.05) is 5.92 Å². The van der Waals surface area contributed by atoms with E-state index < -0.39 is 13.3 Å². The van der Waals surface area contributed by atoms with Crippen LogP contribution < -0.4 is 0 Å². The van der Waals surface area contributed by atoms with Crippen LogP contribution in [-0.2, 0) is 4.79 Å².